The van der Waals surface area contributed by atoms with E-state index >= 15 is 0 Å². The Bertz CT molecular complexity index is 181. The average Bonchev–Trinajstić information content (AvgIpc) is 2.13. The molecule has 13 heavy (non-hydrogen) atoms. The lowest BCUT2D eigenvalue weighted by Gasteiger charge is -2.10. The summed E-state index contributed by atoms with van der Waals surface area (Å²) in [5.41, 5.74) is 4.96. The predicted octanol–water partition coefficient (Wildman–Crippen LogP) is -0.170. The van der Waals surface area contributed by atoms with E-state index in [4.69, 9.17) is 10.5 Å². The Morgan fingerprint density at radius 2 is 2.00 bits per heavy atom. The number of carbonyl (C=O) groups is 2. The summed E-state index contributed by atoms with van der Waals surface area (Å²) in [6, 6.07) is 0. The van der Waals surface area contributed by atoms with Gasteiger partial charge in [0.25, 0.3) is 0 Å². The van der Waals surface area contributed by atoms with Gasteiger partial charge in [0, 0.05) is 0 Å². The summed E-state index contributed by atoms with van der Waals surface area (Å²) >= 11 is 0. The first-order chi connectivity index (χ1) is 6.10. The molecule has 0 aliphatic carbocycles. The molecular weight excluding hydrogens is 174 g/mol. The third-order valence-electron chi connectivity index (χ3n) is 1.43. The normalized spacial score (nSPS) is 11.9. The van der Waals surface area contributed by atoms with E-state index < -0.39 is 11.9 Å². The van der Waals surface area contributed by atoms with E-state index in [1.165, 1.54) is 0 Å². The third-order valence-corrected chi connectivity index (χ3v) is 1.43. The molecule has 0 heterocycles. The fraction of sp³-hybridized carbons (Fsp3) is 0.750. The summed E-state index contributed by atoms with van der Waals surface area (Å²) in [5.74, 6) is -1.16. The number of hydrogen-bond donors (Lipinski definition) is 1. The molecular formula is C8H15NO4. The highest BCUT2D eigenvalue weighted by Crippen LogP contribution is 1.96. The first-order valence-electron chi connectivity index (χ1n) is 4.15. The summed E-state index contributed by atoms with van der Waals surface area (Å²) in [4.78, 5) is 21.4. The molecule has 0 saturated heterocycles. The number of carbonyl (C=O) groups excluding carboxylic acids is 2. The van der Waals surface area contributed by atoms with Gasteiger partial charge in [-0.15, -0.1) is 0 Å². The average molecular weight is 189 g/mol. The molecule has 0 spiro atoms. The molecule has 0 aromatic rings. The van der Waals surface area contributed by atoms with Crippen molar-refractivity contribution in [2.45, 2.75) is 26.4 Å². The van der Waals surface area contributed by atoms with Gasteiger partial charge in [0.05, 0.1) is 12.6 Å². The zero-order valence-electron chi connectivity index (χ0n) is 7.91. The lowest BCUT2D eigenvalue weighted by molar-refractivity contribution is -0.161. The maximum absolute atomic E-state index is 10.9. The van der Waals surface area contributed by atoms with E-state index in [0.29, 0.717) is 0 Å². The van der Waals surface area contributed by atoms with Gasteiger partial charge in [0.1, 0.15) is 0 Å². The van der Waals surface area contributed by atoms with Crippen molar-refractivity contribution in [2.24, 2.45) is 5.73 Å². The summed E-state index contributed by atoms with van der Waals surface area (Å²) in [5, 5.41) is 0. The molecule has 0 amide bonds. The minimum atomic E-state index is -0.610. The molecule has 0 fully saturated rings. The van der Waals surface area contributed by atoms with Crippen LogP contribution in [0.4, 0.5) is 0 Å². The fourth-order valence-corrected chi connectivity index (χ4v) is 0.540. The largest absolute Gasteiger partial charge is 0.460 e. The summed E-state index contributed by atoms with van der Waals surface area (Å²) < 4.78 is 9.30. The lowest BCUT2D eigenvalue weighted by atomic mass is 10.3. The van der Waals surface area contributed by atoms with Crippen molar-refractivity contribution in [1.29, 1.82) is 0 Å². The van der Waals surface area contributed by atoms with E-state index in [2.05, 4.69) is 4.74 Å². The van der Waals surface area contributed by atoms with Crippen molar-refractivity contribution < 1.29 is 19.1 Å². The Morgan fingerprint density at radius 1 is 1.38 bits per heavy atom. The molecule has 5 heteroatoms. The number of esters is 2. The van der Waals surface area contributed by atoms with Gasteiger partial charge in [-0.05, 0) is 13.3 Å². The zero-order chi connectivity index (χ0) is 10.3. The molecule has 0 rings (SSSR count). The number of rotatable bonds is 5. The second kappa shape index (κ2) is 6.42. The van der Waals surface area contributed by atoms with Crippen molar-refractivity contribution in [3.8, 4) is 0 Å². The SMILES string of the molecule is CCC(C)OC(=O)COC(=O)CN. The van der Waals surface area contributed by atoms with Crippen LogP contribution in [0.1, 0.15) is 20.3 Å². The highest BCUT2D eigenvalue weighted by atomic mass is 16.6. The molecule has 0 aromatic carbocycles. The van der Waals surface area contributed by atoms with Crippen LogP contribution in [0, 0.1) is 0 Å². The van der Waals surface area contributed by atoms with Gasteiger partial charge >= 0.3 is 11.9 Å². The molecule has 5 nitrogen and oxygen atoms in total. The fourth-order valence-electron chi connectivity index (χ4n) is 0.540. The highest BCUT2D eigenvalue weighted by molar-refractivity contribution is 5.77. The molecule has 0 aliphatic rings. The van der Waals surface area contributed by atoms with Gasteiger partial charge in [-0.1, -0.05) is 6.92 Å². The van der Waals surface area contributed by atoms with Crippen molar-refractivity contribution in [2.75, 3.05) is 13.2 Å². The number of hydrogen-bond acceptors (Lipinski definition) is 5. The summed E-state index contributed by atoms with van der Waals surface area (Å²) in [6.45, 7) is 3.07. The molecule has 0 bridgehead atoms. The minimum Gasteiger partial charge on any atom is -0.460 e. The Kier molecular flexibility index (Phi) is 5.88. The minimum absolute atomic E-state index is 0.149. The predicted molar refractivity (Wildman–Crippen MR) is 45.9 cm³/mol. The van der Waals surface area contributed by atoms with Crippen LogP contribution >= 0.6 is 0 Å². The van der Waals surface area contributed by atoms with Crippen molar-refractivity contribution in [3.63, 3.8) is 0 Å². The van der Waals surface area contributed by atoms with E-state index in [9.17, 15) is 9.59 Å². The van der Waals surface area contributed by atoms with E-state index in [-0.39, 0.29) is 19.3 Å². The van der Waals surface area contributed by atoms with Crippen LogP contribution in [0.25, 0.3) is 0 Å². The van der Waals surface area contributed by atoms with E-state index in [1.807, 2.05) is 6.92 Å². The second-order valence-electron chi connectivity index (χ2n) is 2.57. The molecule has 2 N–H and O–H groups in total. The molecule has 0 aromatic heterocycles. The molecule has 1 atom stereocenters. The quantitative estimate of drug-likeness (QED) is 0.607. The smallest absolute Gasteiger partial charge is 0.344 e. The van der Waals surface area contributed by atoms with Gasteiger partial charge in [0.15, 0.2) is 6.61 Å². The van der Waals surface area contributed by atoms with Gasteiger partial charge in [-0.25, -0.2) is 4.79 Å². The van der Waals surface area contributed by atoms with Gasteiger partial charge < -0.3 is 15.2 Å². The second-order valence-corrected chi connectivity index (χ2v) is 2.57. The lowest BCUT2D eigenvalue weighted by Crippen LogP contribution is -2.24. The summed E-state index contributed by atoms with van der Waals surface area (Å²) in [7, 11) is 0. The van der Waals surface area contributed by atoms with Crippen LogP contribution in [0.2, 0.25) is 0 Å². The standard InChI is InChI=1S/C8H15NO4/c1-3-6(2)13-8(11)5-12-7(10)4-9/h6H,3-5,9H2,1-2H3. The van der Waals surface area contributed by atoms with Gasteiger partial charge in [0.2, 0.25) is 0 Å². The maximum Gasteiger partial charge on any atom is 0.344 e. The monoisotopic (exact) mass is 189 g/mol. The van der Waals surface area contributed by atoms with Crippen LogP contribution in [-0.4, -0.2) is 31.2 Å². The van der Waals surface area contributed by atoms with Crippen LogP contribution < -0.4 is 5.73 Å². The molecule has 0 saturated carbocycles. The Balaban J connectivity index is 3.57. The van der Waals surface area contributed by atoms with E-state index in [0.717, 1.165) is 6.42 Å². The van der Waals surface area contributed by atoms with Crippen LogP contribution in [0.5, 0.6) is 0 Å². The van der Waals surface area contributed by atoms with Crippen molar-refractivity contribution in [1.82, 2.24) is 0 Å². The first kappa shape index (κ1) is 11.9. The maximum atomic E-state index is 10.9. The molecule has 0 radical (unpaired) electrons. The molecule has 1 unspecified atom stereocenters. The number of nitrogens with two attached hydrogens (primary N) is 1. The highest BCUT2D eigenvalue weighted by Gasteiger charge is 2.09. The number of ether oxygens (including phenoxy) is 2. The van der Waals surface area contributed by atoms with E-state index in [1.54, 1.807) is 6.92 Å². The van der Waals surface area contributed by atoms with Gasteiger partial charge in [-0.3, -0.25) is 4.79 Å². The van der Waals surface area contributed by atoms with Crippen LogP contribution in [-0.2, 0) is 19.1 Å². The van der Waals surface area contributed by atoms with Crippen LogP contribution in [0.15, 0.2) is 0 Å². The molecule has 0 aliphatic heterocycles. The van der Waals surface area contributed by atoms with Crippen molar-refractivity contribution in [3.05, 3.63) is 0 Å². The third kappa shape index (κ3) is 6.10. The summed E-state index contributed by atoms with van der Waals surface area (Å²) in [6.07, 6.45) is 0.584. The Morgan fingerprint density at radius 3 is 2.46 bits per heavy atom. The van der Waals surface area contributed by atoms with Gasteiger partial charge in [-0.2, -0.15) is 0 Å². The Labute approximate surface area is 77.2 Å². The topological polar surface area (TPSA) is 78.6 Å². The van der Waals surface area contributed by atoms with Crippen LogP contribution in [0.3, 0.4) is 0 Å². The first-order valence-corrected chi connectivity index (χ1v) is 4.15. The molecule has 76 valence electrons. The van der Waals surface area contributed by atoms with Crippen molar-refractivity contribution >= 4 is 11.9 Å². The zero-order valence-corrected chi connectivity index (χ0v) is 7.91. The Hall–Kier alpha value is -1.10.